The van der Waals surface area contributed by atoms with E-state index in [1.54, 1.807) is 5.32 Å². The van der Waals surface area contributed by atoms with Gasteiger partial charge in [-0.05, 0) is 35.3 Å². The van der Waals surface area contributed by atoms with E-state index in [0.29, 0.717) is 6.07 Å². The van der Waals surface area contributed by atoms with Crippen LogP contribution >= 0.6 is 23.6 Å². The molecule has 1 aliphatic heterocycles. The van der Waals surface area contributed by atoms with Crippen molar-refractivity contribution in [2.75, 3.05) is 0 Å². The maximum Gasteiger partial charge on any atom is 0.437 e. The van der Waals surface area contributed by atoms with E-state index in [1.807, 2.05) is 0 Å². The highest BCUT2D eigenvalue weighted by Crippen LogP contribution is 2.46. The molecule has 156 valence electrons. The van der Waals surface area contributed by atoms with Crippen LogP contribution in [0.25, 0.3) is 0 Å². The second-order valence-corrected chi connectivity index (χ2v) is 7.60. The fourth-order valence-corrected chi connectivity index (χ4v) is 4.18. The Hall–Kier alpha value is -2.18. The van der Waals surface area contributed by atoms with Crippen LogP contribution in [0.5, 0.6) is 0 Å². The Morgan fingerprint density at radius 2 is 1.76 bits per heavy atom. The van der Waals surface area contributed by atoms with Crippen molar-refractivity contribution in [3.05, 3.63) is 57.8 Å². The summed E-state index contributed by atoms with van der Waals surface area (Å²) < 4.78 is 81.9. The number of carbonyl (C=O) groups is 1. The topological polar surface area (TPSA) is 61.4 Å². The van der Waals surface area contributed by atoms with Crippen LogP contribution in [0.3, 0.4) is 0 Å². The number of nitrogens with one attached hydrogen (secondary N) is 2. The first-order valence-electron chi connectivity index (χ1n) is 7.98. The van der Waals surface area contributed by atoms with Gasteiger partial charge in [0.1, 0.15) is 5.92 Å². The van der Waals surface area contributed by atoms with E-state index in [9.17, 15) is 36.2 Å². The van der Waals surface area contributed by atoms with Gasteiger partial charge in [0.15, 0.2) is 10.9 Å². The normalized spacial score (nSPS) is 25.3. The number of thiocarbonyl (C=S) groups is 1. The van der Waals surface area contributed by atoms with Crippen LogP contribution in [0.2, 0.25) is 0 Å². The first-order valence-corrected chi connectivity index (χ1v) is 9.26. The highest BCUT2D eigenvalue weighted by Gasteiger charge is 2.66. The molecule has 29 heavy (non-hydrogen) atoms. The first kappa shape index (κ1) is 21.5. The summed E-state index contributed by atoms with van der Waals surface area (Å²) in [6.07, 6.45) is -10.3. The van der Waals surface area contributed by atoms with Gasteiger partial charge < -0.3 is 15.7 Å². The second kappa shape index (κ2) is 7.26. The van der Waals surface area contributed by atoms with Crippen LogP contribution in [-0.4, -0.2) is 27.9 Å². The van der Waals surface area contributed by atoms with Gasteiger partial charge in [0.2, 0.25) is 5.72 Å². The summed E-state index contributed by atoms with van der Waals surface area (Å²) in [7, 11) is 0. The monoisotopic (exact) mass is 454 g/mol. The quantitative estimate of drug-likeness (QED) is 0.371. The second-order valence-electron chi connectivity index (χ2n) is 6.24. The third kappa shape index (κ3) is 3.83. The molecule has 0 aliphatic carbocycles. The fourth-order valence-electron chi connectivity index (χ4n) is 3.20. The fraction of sp³-hybridized carbons (Fsp3) is 0.294. The molecule has 0 saturated carbocycles. The van der Waals surface area contributed by atoms with Gasteiger partial charge in [-0.25, -0.2) is 0 Å². The predicted octanol–water partition coefficient (Wildman–Crippen LogP) is 4.04. The van der Waals surface area contributed by atoms with E-state index in [1.165, 1.54) is 23.6 Å². The number of Topliss-reactive ketones (excluding diaryl/α,β-unsaturated/α-hetero) is 1. The number of ketones is 1. The average molecular weight is 454 g/mol. The van der Waals surface area contributed by atoms with Crippen molar-refractivity contribution < 1.29 is 36.2 Å². The molecule has 3 rings (SSSR count). The summed E-state index contributed by atoms with van der Waals surface area (Å²) >= 11 is 5.51. The molecule has 0 bridgehead atoms. The highest BCUT2D eigenvalue weighted by atomic mass is 32.1. The number of rotatable bonds is 3. The number of aliphatic hydroxyl groups is 1. The van der Waals surface area contributed by atoms with Gasteiger partial charge in [-0.3, -0.25) is 4.79 Å². The SMILES string of the molecule is O=C(c1cccs1)[C@H]1[C@H](c2ccccc2C(F)(F)F)NC(=S)N[C@]1(O)C(F)(F)F. The lowest BCUT2D eigenvalue weighted by Crippen LogP contribution is -2.72. The van der Waals surface area contributed by atoms with Gasteiger partial charge in [0.25, 0.3) is 0 Å². The Kier molecular flexibility index (Phi) is 5.39. The summed E-state index contributed by atoms with van der Waals surface area (Å²) in [5.41, 5.74) is -5.75. The predicted molar refractivity (Wildman–Crippen MR) is 96.2 cm³/mol. The van der Waals surface area contributed by atoms with Crippen molar-refractivity contribution >= 4 is 34.5 Å². The van der Waals surface area contributed by atoms with E-state index >= 15 is 0 Å². The Bertz CT molecular complexity index is 929. The minimum absolute atomic E-state index is 0.149. The van der Waals surface area contributed by atoms with Crippen LogP contribution in [0.4, 0.5) is 26.3 Å². The molecule has 3 N–H and O–H groups in total. The molecule has 2 aromatic rings. The van der Waals surface area contributed by atoms with E-state index in [0.717, 1.165) is 23.5 Å². The van der Waals surface area contributed by atoms with Gasteiger partial charge in [0.05, 0.1) is 16.5 Å². The average Bonchev–Trinajstić information content (AvgIpc) is 3.13. The molecule has 4 nitrogen and oxygen atoms in total. The molecule has 1 saturated heterocycles. The van der Waals surface area contributed by atoms with Crippen LogP contribution in [0.15, 0.2) is 41.8 Å². The minimum atomic E-state index is -5.41. The number of halogens is 6. The van der Waals surface area contributed by atoms with Crippen molar-refractivity contribution in [2.45, 2.75) is 24.1 Å². The molecule has 0 amide bonds. The Morgan fingerprint density at radius 3 is 2.31 bits per heavy atom. The molecule has 1 fully saturated rings. The van der Waals surface area contributed by atoms with E-state index in [-0.39, 0.29) is 4.88 Å². The molecule has 12 heteroatoms. The van der Waals surface area contributed by atoms with Crippen LogP contribution in [0, 0.1) is 5.92 Å². The van der Waals surface area contributed by atoms with Gasteiger partial charge in [0, 0.05) is 0 Å². The maximum absolute atomic E-state index is 13.8. The summed E-state index contributed by atoms with van der Waals surface area (Å²) in [4.78, 5) is 12.8. The molecule has 1 aliphatic rings. The zero-order valence-corrected chi connectivity index (χ0v) is 15.8. The number of carbonyl (C=O) groups excluding carboxylic acids is 1. The number of thiophene rings is 1. The molecular formula is C17H12F6N2O2S2. The van der Waals surface area contributed by atoms with Gasteiger partial charge >= 0.3 is 12.4 Å². The van der Waals surface area contributed by atoms with E-state index < -0.39 is 52.1 Å². The lowest BCUT2D eigenvalue weighted by atomic mass is 9.77. The third-order valence-corrected chi connectivity index (χ3v) is 5.56. The first-order chi connectivity index (χ1) is 13.4. The maximum atomic E-state index is 13.8. The Balaban J connectivity index is 2.24. The molecule has 0 unspecified atom stereocenters. The minimum Gasteiger partial charge on any atom is -0.363 e. The molecule has 0 radical (unpaired) electrons. The number of hydrogen-bond donors (Lipinski definition) is 3. The van der Waals surface area contributed by atoms with Crippen molar-refractivity contribution in [1.82, 2.24) is 10.6 Å². The standard InChI is InChI=1S/C17H12F6N2O2S2/c18-16(19,20)9-5-2-1-4-8(9)12-11(13(26)10-6-3-7-29-10)15(27,17(21,22)23)25-14(28)24-12/h1-7,11-12,27H,(H2,24,25,28)/t11-,12+,15-/m1/s1. The molecule has 0 spiro atoms. The Labute approximate surface area is 169 Å². The van der Waals surface area contributed by atoms with Crippen molar-refractivity contribution in [1.29, 1.82) is 0 Å². The van der Waals surface area contributed by atoms with E-state index in [2.05, 4.69) is 5.32 Å². The van der Waals surface area contributed by atoms with E-state index in [4.69, 9.17) is 12.2 Å². The number of benzene rings is 1. The van der Waals surface area contributed by atoms with Crippen molar-refractivity contribution in [3.63, 3.8) is 0 Å². The van der Waals surface area contributed by atoms with Crippen LogP contribution < -0.4 is 10.6 Å². The zero-order chi connectivity index (χ0) is 21.6. The summed E-state index contributed by atoms with van der Waals surface area (Å²) in [6, 6.07) is 4.62. The molecule has 1 aromatic heterocycles. The van der Waals surface area contributed by atoms with Crippen molar-refractivity contribution in [3.8, 4) is 0 Å². The summed E-state index contributed by atoms with van der Waals surface area (Å²) in [6.45, 7) is 0. The van der Waals surface area contributed by atoms with Gasteiger partial charge in [-0.1, -0.05) is 24.3 Å². The molecule has 1 aromatic carbocycles. The molecule has 3 atom stereocenters. The third-order valence-electron chi connectivity index (χ3n) is 4.45. The van der Waals surface area contributed by atoms with Crippen molar-refractivity contribution in [2.24, 2.45) is 5.92 Å². The van der Waals surface area contributed by atoms with Crippen LogP contribution in [-0.2, 0) is 6.18 Å². The summed E-state index contributed by atoms with van der Waals surface area (Å²) in [5, 5.41) is 15.1. The molecular weight excluding hydrogens is 442 g/mol. The van der Waals surface area contributed by atoms with Crippen LogP contribution in [0.1, 0.15) is 26.8 Å². The molecule has 2 heterocycles. The van der Waals surface area contributed by atoms with Gasteiger partial charge in [-0.15, -0.1) is 11.3 Å². The lowest BCUT2D eigenvalue weighted by Gasteiger charge is -2.46. The summed E-state index contributed by atoms with van der Waals surface area (Å²) in [5.74, 6) is -3.55. The lowest BCUT2D eigenvalue weighted by molar-refractivity contribution is -0.285. The Morgan fingerprint density at radius 1 is 1.10 bits per heavy atom. The number of alkyl halides is 6. The zero-order valence-electron chi connectivity index (χ0n) is 14.1. The number of hydrogen-bond acceptors (Lipinski definition) is 4. The highest BCUT2D eigenvalue weighted by molar-refractivity contribution is 7.80. The van der Waals surface area contributed by atoms with Gasteiger partial charge in [-0.2, -0.15) is 26.3 Å². The smallest absolute Gasteiger partial charge is 0.363 e. The largest absolute Gasteiger partial charge is 0.437 e.